The number of carboxylic acids is 1. The highest BCUT2D eigenvalue weighted by Gasteiger charge is 2.10. The normalized spacial score (nSPS) is 10.4. The van der Waals surface area contributed by atoms with Crippen LogP contribution in [-0.2, 0) is 6.61 Å². The van der Waals surface area contributed by atoms with Gasteiger partial charge in [-0.25, -0.2) is 4.79 Å². The van der Waals surface area contributed by atoms with Gasteiger partial charge >= 0.3 is 5.97 Å². The average molecular weight is 401 g/mol. The van der Waals surface area contributed by atoms with E-state index in [2.05, 4.69) is 0 Å². The van der Waals surface area contributed by atoms with Gasteiger partial charge in [0, 0.05) is 14.8 Å². The SMILES string of the molecule is COc1cc(Sc2cc(Cl)cc(C(=O)O)c2)ccc1OCc1ccccc1. The maximum absolute atomic E-state index is 11.2. The first kappa shape index (κ1) is 19.1. The second kappa shape index (κ2) is 8.84. The molecule has 0 spiro atoms. The molecule has 3 rings (SSSR count). The molecule has 1 N–H and O–H groups in total. The third-order valence-corrected chi connectivity index (χ3v) is 4.91. The number of carbonyl (C=O) groups is 1. The van der Waals surface area contributed by atoms with Gasteiger partial charge in [-0.2, -0.15) is 0 Å². The van der Waals surface area contributed by atoms with Crippen molar-refractivity contribution in [1.29, 1.82) is 0 Å². The molecule has 6 heteroatoms. The van der Waals surface area contributed by atoms with Crippen LogP contribution in [0.5, 0.6) is 11.5 Å². The summed E-state index contributed by atoms with van der Waals surface area (Å²) in [5.41, 5.74) is 1.22. The van der Waals surface area contributed by atoms with Crippen LogP contribution in [0.1, 0.15) is 15.9 Å². The minimum absolute atomic E-state index is 0.153. The Morgan fingerprint density at radius 3 is 2.48 bits per heavy atom. The van der Waals surface area contributed by atoms with E-state index in [1.165, 1.54) is 17.8 Å². The Morgan fingerprint density at radius 1 is 1.00 bits per heavy atom. The zero-order valence-corrected chi connectivity index (χ0v) is 16.1. The van der Waals surface area contributed by atoms with Gasteiger partial charge in [0.1, 0.15) is 6.61 Å². The summed E-state index contributed by atoms with van der Waals surface area (Å²) in [7, 11) is 1.58. The minimum Gasteiger partial charge on any atom is -0.493 e. The predicted molar refractivity (Wildman–Crippen MR) is 106 cm³/mol. The number of ether oxygens (including phenoxy) is 2. The zero-order valence-electron chi connectivity index (χ0n) is 14.5. The molecular weight excluding hydrogens is 384 g/mol. The first-order chi connectivity index (χ1) is 13.0. The van der Waals surface area contributed by atoms with Gasteiger partial charge in [-0.15, -0.1) is 0 Å². The lowest BCUT2D eigenvalue weighted by molar-refractivity contribution is 0.0696. The molecule has 0 atom stereocenters. The van der Waals surface area contributed by atoms with E-state index in [-0.39, 0.29) is 5.56 Å². The monoisotopic (exact) mass is 400 g/mol. The highest BCUT2D eigenvalue weighted by Crippen LogP contribution is 2.36. The second-order valence-electron chi connectivity index (χ2n) is 5.67. The van der Waals surface area contributed by atoms with Gasteiger partial charge in [0.05, 0.1) is 12.7 Å². The van der Waals surface area contributed by atoms with E-state index in [0.29, 0.717) is 23.1 Å². The second-order valence-corrected chi connectivity index (χ2v) is 7.25. The summed E-state index contributed by atoms with van der Waals surface area (Å²) in [5.74, 6) is 0.237. The van der Waals surface area contributed by atoms with Gasteiger partial charge in [-0.1, -0.05) is 53.7 Å². The number of benzene rings is 3. The third kappa shape index (κ3) is 5.18. The summed E-state index contributed by atoms with van der Waals surface area (Å²) in [6.07, 6.45) is 0. The van der Waals surface area contributed by atoms with E-state index < -0.39 is 5.97 Å². The van der Waals surface area contributed by atoms with E-state index in [1.807, 2.05) is 48.5 Å². The molecule has 0 saturated heterocycles. The van der Waals surface area contributed by atoms with Crippen LogP contribution in [0.15, 0.2) is 76.5 Å². The van der Waals surface area contributed by atoms with Gasteiger partial charge in [-0.3, -0.25) is 0 Å². The molecule has 0 unspecified atom stereocenters. The van der Waals surface area contributed by atoms with Crippen molar-refractivity contribution in [3.63, 3.8) is 0 Å². The number of rotatable bonds is 7. The molecule has 0 heterocycles. The fourth-order valence-electron chi connectivity index (χ4n) is 2.45. The molecule has 0 amide bonds. The third-order valence-electron chi connectivity index (χ3n) is 3.73. The quantitative estimate of drug-likeness (QED) is 0.545. The summed E-state index contributed by atoms with van der Waals surface area (Å²) in [6, 6.07) is 20.2. The Bertz CT molecular complexity index is 944. The molecule has 3 aromatic carbocycles. The summed E-state index contributed by atoms with van der Waals surface area (Å²) in [5, 5.41) is 9.55. The summed E-state index contributed by atoms with van der Waals surface area (Å²) in [6.45, 7) is 0.444. The van der Waals surface area contributed by atoms with Crippen LogP contribution >= 0.6 is 23.4 Å². The fraction of sp³-hybridized carbons (Fsp3) is 0.0952. The Balaban J connectivity index is 1.77. The maximum atomic E-state index is 11.2. The van der Waals surface area contributed by atoms with E-state index in [4.69, 9.17) is 26.2 Å². The summed E-state index contributed by atoms with van der Waals surface area (Å²) >= 11 is 7.42. The molecule has 138 valence electrons. The van der Waals surface area contributed by atoms with Crippen LogP contribution < -0.4 is 9.47 Å². The largest absolute Gasteiger partial charge is 0.493 e. The number of carboxylic acid groups (broad SMARTS) is 1. The number of methoxy groups -OCH3 is 1. The zero-order chi connectivity index (χ0) is 19.2. The number of aromatic carboxylic acids is 1. The maximum Gasteiger partial charge on any atom is 0.335 e. The number of halogens is 1. The van der Waals surface area contributed by atoms with Crippen molar-refractivity contribution >= 4 is 29.3 Å². The number of hydrogen-bond donors (Lipinski definition) is 1. The molecule has 0 aromatic heterocycles. The van der Waals surface area contributed by atoms with Gasteiger partial charge in [0.2, 0.25) is 0 Å². The smallest absolute Gasteiger partial charge is 0.335 e. The molecular formula is C21H17ClO4S. The van der Waals surface area contributed by atoms with Crippen molar-refractivity contribution in [3.05, 3.63) is 82.9 Å². The first-order valence-electron chi connectivity index (χ1n) is 8.11. The average Bonchev–Trinajstić information content (AvgIpc) is 2.67. The summed E-state index contributed by atoms with van der Waals surface area (Å²) in [4.78, 5) is 12.8. The van der Waals surface area contributed by atoms with E-state index in [1.54, 1.807) is 19.2 Å². The Labute approximate surface area is 166 Å². The molecule has 27 heavy (non-hydrogen) atoms. The Kier molecular flexibility index (Phi) is 6.27. The highest BCUT2D eigenvalue weighted by atomic mass is 35.5. The lowest BCUT2D eigenvalue weighted by Gasteiger charge is -2.12. The Morgan fingerprint density at radius 2 is 1.78 bits per heavy atom. The molecule has 4 nitrogen and oxygen atoms in total. The highest BCUT2D eigenvalue weighted by molar-refractivity contribution is 7.99. The van der Waals surface area contributed by atoms with Gasteiger partial charge < -0.3 is 14.6 Å². The van der Waals surface area contributed by atoms with Crippen molar-refractivity contribution < 1.29 is 19.4 Å². The molecule has 0 aliphatic heterocycles. The van der Waals surface area contributed by atoms with E-state index in [0.717, 1.165) is 15.4 Å². The van der Waals surface area contributed by atoms with Crippen molar-refractivity contribution in [1.82, 2.24) is 0 Å². The minimum atomic E-state index is -1.01. The lowest BCUT2D eigenvalue weighted by Crippen LogP contribution is -1.98. The van der Waals surface area contributed by atoms with Crippen molar-refractivity contribution in [2.45, 2.75) is 16.4 Å². The van der Waals surface area contributed by atoms with Crippen LogP contribution in [0.2, 0.25) is 5.02 Å². The Hall–Kier alpha value is -2.63. The standard InChI is InChI=1S/C21H17ClO4S/c1-25-20-12-17(27-18-10-15(21(23)24)9-16(22)11-18)7-8-19(20)26-13-14-5-3-2-4-6-14/h2-12H,13H2,1H3,(H,23,24). The molecule has 0 saturated carbocycles. The van der Waals surface area contributed by atoms with E-state index in [9.17, 15) is 4.79 Å². The van der Waals surface area contributed by atoms with Crippen molar-refractivity contribution in [2.24, 2.45) is 0 Å². The first-order valence-corrected chi connectivity index (χ1v) is 9.31. The van der Waals surface area contributed by atoms with Crippen LogP contribution in [0.4, 0.5) is 0 Å². The van der Waals surface area contributed by atoms with Gasteiger partial charge in [0.25, 0.3) is 0 Å². The van der Waals surface area contributed by atoms with Gasteiger partial charge in [-0.05, 0) is 42.0 Å². The predicted octanol–water partition coefficient (Wildman–Crippen LogP) is 5.78. The topological polar surface area (TPSA) is 55.8 Å². The molecule has 0 fully saturated rings. The van der Waals surface area contributed by atoms with Crippen LogP contribution in [-0.4, -0.2) is 18.2 Å². The molecule has 0 radical (unpaired) electrons. The van der Waals surface area contributed by atoms with E-state index >= 15 is 0 Å². The molecule has 0 aliphatic rings. The van der Waals surface area contributed by atoms with Crippen molar-refractivity contribution in [2.75, 3.05) is 7.11 Å². The molecule has 0 aliphatic carbocycles. The summed E-state index contributed by atoms with van der Waals surface area (Å²) < 4.78 is 11.3. The lowest BCUT2D eigenvalue weighted by atomic mass is 10.2. The fourth-order valence-corrected chi connectivity index (χ4v) is 3.69. The van der Waals surface area contributed by atoms with Crippen LogP contribution in [0, 0.1) is 0 Å². The molecule has 3 aromatic rings. The van der Waals surface area contributed by atoms with Gasteiger partial charge in [0.15, 0.2) is 11.5 Å². The van der Waals surface area contributed by atoms with Crippen LogP contribution in [0.3, 0.4) is 0 Å². The number of hydrogen-bond acceptors (Lipinski definition) is 4. The van der Waals surface area contributed by atoms with Crippen molar-refractivity contribution in [3.8, 4) is 11.5 Å². The van der Waals surface area contributed by atoms with Crippen LogP contribution in [0.25, 0.3) is 0 Å². The molecule has 0 bridgehead atoms.